The average molecular weight is 293 g/mol. The quantitative estimate of drug-likeness (QED) is 0.762. The van der Waals surface area contributed by atoms with Crippen molar-refractivity contribution >= 4 is 17.7 Å². The van der Waals surface area contributed by atoms with E-state index in [1.165, 1.54) is 6.20 Å². The van der Waals surface area contributed by atoms with Crippen molar-refractivity contribution in [1.82, 2.24) is 10.3 Å². The van der Waals surface area contributed by atoms with Gasteiger partial charge in [0.25, 0.3) is 0 Å². The van der Waals surface area contributed by atoms with Gasteiger partial charge in [-0.15, -0.1) is 0 Å². The Hall–Kier alpha value is -2.15. The molecule has 21 heavy (non-hydrogen) atoms. The Morgan fingerprint density at radius 2 is 2.24 bits per heavy atom. The first-order valence-corrected chi connectivity index (χ1v) is 6.85. The molecule has 2 amide bonds. The van der Waals surface area contributed by atoms with Crippen molar-refractivity contribution in [3.05, 3.63) is 24.0 Å². The van der Waals surface area contributed by atoms with E-state index in [2.05, 4.69) is 15.6 Å². The van der Waals surface area contributed by atoms with Crippen LogP contribution in [0.4, 0.5) is 10.5 Å². The Balaban J connectivity index is 1.86. The number of carbonyl (C=O) groups is 2. The molecule has 0 aromatic carbocycles. The Morgan fingerprint density at radius 1 is 1.43 bits per heavy atom. The van der Waals surface area contributed by atoms with Crippen molar-refractivity contribution < 1.29 is 19.4 Å². The normalized spacial score (nSPS) is 21.0. The third-order valence-corrected chi connectivity index (χ3v) is 3.49. The summed E-state index contributed by atoms with van der Waals surface area (Å²) in [6.07, 6.45) is 4.26. The van der Waals surface area contributed by atoms with Gasteiger partial charge in [0.1, 0.15) is 0 Å². The molecule has 3 N–H and O–H groups in total. The minimum atomic E-state index is -0.937. The molecule has 0 saturated heterocycles. The smallest absolute Gasteiger partial charge is 0.319 e. The van der Waals surface area contributed by atoms with Gasteiger partial charge in [0.2, 0.25) is 0 Å². The van der Waals surface area contributed by atoms with E-state index in [9.17, 15) is 9.59 Å². The Morgan fingerprint density at radius 3 is 2.86 bits per heavy atom. The molecular weight excluding hydrogens is 274 g/mol. The molecule has 0 bridgehead atoms. The van der Waals surface area contributed by atoms with Gasteiger partial charge in [-0.05, 0) is 31.4 Å². The Labute approximate surface area is 122 Å². The number of methoxy groups -OCH3 is 1. The van der Waals surface area contributed by atoms with Gasteiger partial charge in [0.05, 0.1) is 36.1 Å². The number of hydrogen-bond donors (Lipinski definition) is 3. The second kappa shape index (κ2) is 7.03. The Kier molecular flexibility index (Phi) is 5.10. The van der Waals surface area contributed by atoms with Crippen LogP contribution in [0, 0.1) is 0 Å². The van der Waals surface area contributed by atoms with Crippen LogP contribution in [0.1, 0.15) is 25.0 Å². The van der Waals surface area contributed by atoms with E-state index in [0.717, 1.165) is 19.3 Å². The number of anilines is 1. The summed E-state index contributed by atoms with van der Waals surface area (Å²) in [4.78, 5) is 26.4. The zero-order valence-electron chi connectivity index (χ0n) is 11.8. The molecule has 114 valence electrons. The number of urea groups is 1. The number of nitrogens with zero attached hydrogens (tertiary/aromatic N) is 1. The SMILES string of the molecule is COC1CCCC1NC(=O)Nc1ccc(CC(=O)O)nc1. The van der Waals surface area contributed by atoms with E-state index in [1.807, 2.05) is 0 Å². The standard InChI is InChI=1S/C14H19N3O4/c1-21-12-4-2-3-11(12)17-14(20)16-10-6-5-9(15-8-10)7-13(18)19/h5-6,8,11-12H,2-4,7H2,1H3,(H,18,19)(H2,16,17,20). The van der Waals surface area contributed by atoms with Gasteiger partial charge in [0.15, 0.2) is 0 Å². The number of nitrogens with one attached hydrogen (secondary N) is 2. The average Bonchev–Trinajstić information content (AvgIpc) is 2.87. The summed E-state index contributed by atoms with van der Waals surface area (Å²) in [7, 11) is 1.65. The molecular formula is C14H19N3O4. The molecule has 2 unspecified atom stereocenters. The van der Waals surface area contributed by atoms with Crippen LogP contribution >= 0.6 is 0 Å². The molecule has 1 aliphatic carbocycles. The van der Waals surface area contributed by atoms with Crippen LogP contribution in [0.15, 0.2) is 18.3 Å². The maximum absolute atomic E-state index is 11.9. The van der Waals surface area contributed by atoms with Gasteiger partial charge in [-0.2, -0.15) is 0 Å². The number of pyridine rings is 1. The highest BCUT2D eigenvalue weighted by Gasteiger charge is 2.28. The second-order valence-corrected chi connectivity index (χ2v) is 5.02. The summed E-state index contributed by atoms with van der Waals surface area (Å²) < 4.78 is 5.32. The molecule has 1 aromatic heterocycles. The molecule has 1 saturated carbocycles. The monoisotopic (exact) mass is 293 g/mol. The van der Waals surface area contributed by atoms with Crippen molar-refractivity contribution in [2.24, 2.45) is 0 Å². The van der Waals surface area contributed by atoms with E-state index < -0.39 is 5.97 Å². The number of carbonyl (C=O) groups excluding carboxylic acids is 1. The fourth-order valence-electron chi connectivity index (χ4n) is 2.47. The van der Waals surface area contributed by atoms with Crippen molar-refractivity contribution in [3.63, 3.8) is 0 Å². The minimum Gasteiger partial charge on any atom is -0.481 e. The summed E-state index contributed by atoms with van der Waals surface area (Å²) >= 11 is 0. The van der Waals surface area contributed by atoms with E-state index in [1.54, 1.807) is 19.2 Å². The number of carboxylic acid groups (broad SMARTS) is 1. The molecule has 0 spiro atoms. The summed E-state index contributed by atoms with van der Waals surface area (Å²) in [5.74, 6) is -0.937. The predicted molar refractivity (Wildman–Crippen MR) is 76.2 cm³/mol. The molecule has 7 nitrogen and oxygen atoms in total. The fourth-order valence-corrected chi connectivity index (χ4v) is 2.47. The summed E-state index contributed by atoms with van der Waals surface area (Å²) in [5, 5.41) is 14.2. The van der Waals surface area contributed by atoms with Crippen LogP contribution in [0.5, 0.6) is 0 Å². The third-order valence-electron chi connectivity index (χ3n) is 3.49. The highest BCUT2D eigenvalue weighted by atomic mass is 16.5. The fraction of sp³-hybridized carbons (Fsp3) is 0.500. The summed E-state index contributed by atoms with van der Waals surface area (Å²) in [6, 6.07) is 2.93. The molecule has 0 radical (unpaired) electrons. The lowest BCUT2D eigenvalue weighted by molar-refractivity contribution is -0.136. The minimum absolute atomic E-state index is 0.0224. The zero-order chi connectivity index (χ0) is 15.2. The van der Waals surface area contributed by atoms with Crippen molar-refractivity contribution in [2.75, 3.05) is 12.4 Å². The van der Waals surface area contributed by atoms with Gasteiger partial charge < -0.3 is 20.5 Å². The van der Waals surface area contributed by atoms with Crippen LogP contribution < -0.4 is 10.6 Å². The first-order valence-electron chi connectivity index (χ1n) is 6.85. The number of carboxylic acids is 1. The molecule has 7 heteroatoms. The van der Waals surface area contributed by atoms with Crippen molar-refractivity contribution in [3.8, 4) is 0 Å². The lowest BCUT2D eigenvalue weighted by Crippen LogP contribution is -2.42. The van der Waals surface area contributed by atoms with Crippen LogP contribution in [0.25, 0.3) is 0 Å². The van der Waals surface area contributed by atoms with E-state index in [-0.39, 0.29) is 24.6 Å². The number of ether oxygens (including phenoxy) is 1. The summed E-state index contributed by atoms with van der Waals surface area (Å²) in [5.41, 5.74) is 0.970. The first-order chi connectivity index (χ1) is 10.1. The van der Waals surface area contributed by atoms with Gasteiger partial charge in [0, 0.05) is 7.11 Å². The number of aliphatic carboxylic acids is 1. The van der Waals surface area contributed by atoms with Crippen LogP contribution in [0.3, 0.4) is 0 Å². The Bertz CT molecular complexity index is 503. The highest BCUT2D eigenvalue weighted by molar-refractivity contribution is 5.89. The maximum atomic E-state index is 11.9. The molecule has 1 aromatic rings. The highest BCUT2D eigenvalue weighted by Crippen LogP contribution is 2.21. The number of hydrogen-bond acceptors (Lipinski definition) is 4. The molecule has 0 aliphatic heterocycles. The van der Waals surface area contributed by atoms with Gasteiger partial charge in [-0.3, -0.25) is 9.78 Å². The van der Waals surface area contributed by atoms with E-state index >= 15 is 0 Å². The van der Waals surface area contributed by atoms with Crippen LogP contribution in [-0.4, -0.2) is 41.3 Å². The molecule has 2 atom stereocenters. The molecule has 1 heterocycles. The van der Waals surface area contributed by atoms with Crippen molar-refractivity contribution in [1.29, 1.82) is 0 Å². The van der Waals surface area contributed by atoms with E-state index in [4.69, 9.17) is 9.84 Å². The lowest BCUT2D eigenvalue weighted by atomic mass is 10.2. The maximum Gasteiger partial charge on any atom is 0.319 e. The number of rotatable bonds is 5. The summed E-state index contributed by atoms with van der Waals surface area (Å²) in [6.45, 7) is 0. The third kappa shape index (κ3) is 4.42. The zero-order valence-corrected chi connectivity index (χ0v) is 11.8. The number of aromatic nitrogens is 1. The van der Waals surface area contributed by atoms with Gasteiger partial charge >= 0.3 is 12.0 Å². The largest absolute Gasteiger partial charge is 0.481 e. The van der Waals surface area contributed by atoms with E-state index in [0.29, 0.717) is 11.4 Å². The second-order valence-electron chi connectivity index (χ2n) is 5.02. The topological polar surface area (TPSA) is 101 Å². The molecule has 2 rings (SSSR count). The number of amides is 2. The van der Waals surface area contributed by atoms with Crippen LogP contribution in [0.2, 0.25) is 0 Å². The van der Waals surface area contributed by atoms with Gasteiger partial charge in [-0.25, -0.2) is 4.79 Å². The first kappa shape index (κ1) is 15.2. The molecule has 1 fully saturated rings. The van der Waals surface area contributed by atoms with Crippen molar-refractivity contribution in [2.45, 2.75) is 37.8 Å². The van der Waals surface area contributed by atoms with Gasteiger partial charge in [-0.1, -0.05) is 0 Å². The van der Waals surface area contributed by atoms with Crippen LogP contribution in [-0.2, 0) is 16.0 Å². The molecule has 1 aliphatic rings. The predicted octanol–water partition coefficient (Wildman–Crippen LogP) is 1.40. The lowest BCUT2D eigenvalue weighted by Gasteiger charge is -2.19.